The number of carboxylic acid groups (broad SMARTS) is 1. The molecule has 2 saturated heterocycles. The number of furan rings is 1. The van der Waals surface area contributed by atoms with E-state index in [4.69, 9.17) is 19.1 Å². The summed E-state index contributed by atoms with van der Waals surface area (Å²) in [5, 5.41) is 7.12. The van der Waals surface area contributed by atoms with Crippen molar-refractivity contribution < 1.29 is 45.4 Å². The first-order valence-electron chi connectivity index (χ1n) is 9.78. The smallest absolute Gasteiger partial charge is 0.477 e. The first-order chi connectivity index (χ1) is 15.4. The number of carboxylic acids is 1. The van der Waals surface area contributed by atoms with E-state index >= 15 is 0 Å². The molecule has 1 unspecified atom stereocenters. The van der Waals surface area contributed by atoms with Crippen LogP contribution >= 0.6 is 0 Å². The van der Waals surface area contributed by atoms with Gasteiger partial charge in [-0.3, -0.25) is 4.79 Å². The fraction of sp³-hybridized carbons (Fsp3) is 0.450. The number of pyridine rings is 1. The summed E-state index contributed by atoms with van der Waals surface area (Å²) in [4.78, 5) is 27.0. The Morgan fingerprint density at radius 3 is 2.45 bits per heavy atom. The summed E-state index contributed by atoms with van der Waals surface area (Å²) in [5.74, 6) is -1.68. The number of amides is 1. The van der Waals surface area contributed by atoms with E-state index in [1.165, 1.54) is 4.90 Å². The highest BCUT2D eigenvalue weighted by Gasteiger charge is 2.63. The molecule has 4 rings (SSSR count). The molecule has 180 valence electrons. The Labute approximate surface area is 187 Å². The van der Waals surface area contributed by atoms with Gasteiger partial charge in [-0.25, -0.2) is 18.2 Å². The number of nitrogens with zero attached hydrogens (tertiary/aromatic N) is 2. The number of carbonyl (C=O) groups is 2. The van der Waals surface area contributed by atoms with Gasteiger partial charge in [0.25, 0.3) is 5.91 Å². The van der Waals surface area contributed by atoms with Crippen molar-refractivity contribution in [3.63, 3.8) is 0 Å². The molecule has 1 N–H and O–H groups in total. The van der Waals surface area contributed by atoms with Gasteiger partial charge in [0.1, 0.15) is 10.5 Å². The lowest BCUT2D eigenvalue weighted by Crippen LogP contribution is -2.68. The van der Waals surface area contributed by atoms with Crippen LogP contribution in [0.25, 0.3) is 0 Å². The third-order valence-electron chi connectivity index (χ3n) is 5.57. The summed E-state index contributed by atoms with van der Waals surface area (Å²) in [7, 11) is -3.27. The van der Waals surface area contributed by atoms with Gasteiger partial charge in [-0.1, -0.05) is 6.07 Å². The number of rotatable bonds is 4. The second kappa shape index (κ2) is 9.04. The van der Waals surface area contributed by atoms with Crippen LogP contribution in [0.1, 0.15) is 22.7 Å². The molecule has 2 aromatic heterocycles. The predicted molar refractivity (Wildman–Crippen MR) is 107 cm³/mol. The van der Waals surface area contributed by atoms with E-state index < -0.39 is 26.7 Å². The monoisotopic (exact) mass is 490 g/mol. The van der Waals surface area contributed by atoms with Crippen LogP contribution in [-0.2, 0) is 14.6 Å². The number of likely N-dealkylation sites (tertiary alicyclic amines) is 1. The van der Waals surface area contributed by atoms with Crippen LogP contribution in [0.15, 0.2) is 40.9 Å². The van der Waals surface area contributed by atoms with E-state index in [2.05, 4.69) is 4.98 Å². The number of hydrogen-bond donors (Lipinski definition) is 1. The molecule has 13 heteroatoms. The van der Waals surface area contributed by atoms with Crippen LogP contribution in [0.3, 0.4) is 0 Å². The van der Waals surface area contributed by atoms with Crippen molar-refractivity contribution in [2.45, 2.75) is 24.3 Å². The number of ether oxygens (including phenoxy) is 1. The first kappa shape index (κ1) is 24.6. The first-order valence-corrected chi connectivity index (χ1v) is 11.4. The van der Waals surface area contributed by atoms with Crippen LogP contribution in [0.4, 0.5) is 13.2 Å². The molecule has 2 aromatic rings. The number of aryl methyl sites for hydroxylation is 1. The maximum atomic E-state index is 12.7. The Morgan fingerprint density at radius 1 is 1.27 bits per heavy atom. The molecular weight excluding hydrogens is 469 g/mol. The number of alkyl halides is 3. The molecule has 0 aromatic carbocycles. The Morgan fingerprint density at radius 2 is 1.94 bits per heavy atom. The molecular formula is C20H21F3N2O7S. The summed E-state index contributed by atoms with van der Waals surface area (Å²) >= 11 is 0. The zero-order chi connectivity index (χ0) is 24.4. The summed E-state index contributed by atoms with van der Waals surface area (Å²) in [6.45, 7) is 2.41. The topological polar surface area (TPSA) is 127 Å². The van der Waals surface area contributed by atoms with E-state index in [0.29, 0.717) is 18.1 Å². The molecule has 0 saturated carbocycles. The summed E-state index contributed by atoms with van der Waals surface area (Å²) < 4.78 is 67.2. The van der Waals surface area contributed by atoms with Gasteiger partial charge in [0.15, 0.2) is 15.6 Å². The Balaban J connectivity index is 0.000000383. The Kier molecular flexibility index (Phi) is 6.73. The Bertz CT molecular complexity index is 1110. The van der Waals surface area contributed by atoms with Gasteiger partial charge in [0.05, 0.1) is 12.4 Å². The highest BCUT2D eigenvalue weighted by atomic mass is 32.2. The van der Waals surface area contributed by atoms with Crippen LogP contribution in [0, 0.1) is 12.8 Å². The fourth-order valence-electron chi connectivity index (χ4n) is 3.77. The van der Waals surface area contributed by atoms with E-state index in [9.17, 15) is 26.4 Å². The van der Waals surface area contributed by atoms with Crippen molar-refractivity contribution in [3.05, 3.63) is 48.0 Å². The summed E-state index contributed by atoms with van der Waals surface area (Å²) in [5.41, 5.74) is 0. The van der Waals surface area contributed by atoms with Gasteiger partial charge >= 0.3 is 12.1 Å². The largest absolute Gasteiger partial charge is 0.490 e. The van der Waals surface area contributed by atoms with Crippen LogP contribution in [0.2, 0.25) is 0 Å². The maximum absolute atomic E-state index is 12.7. The average molecular weight is 490 g/mol. The fourth-order valence-corrected chi connectivity index (χ4v) is 6.18. The van der Waals surface area contributed by atoms with Crippen molar-refractivity contribution in [3.8, 4) is 5.88 Å². The Hall–Kier alpha value is -3.09. The molecule has 2 aliphatic heterocycles. The third kappa shape index (κ3) is 5.13. The molecule has 0 bridgehead atoms. The SMILES string of the molecule is Cc1ccc(C(=O)N2CC3(C2)C(COc2ccccn2)CCS3(=O)=O)o1.O=C(O)C(F)(F)F. The third-order valence-corrected chi connectivity index (χ3v) is 8.17. The quantitative estimate of drug-likeness (QED) is 0.692. The highest BCUT2D eigenvalue weighted by Crippen LogP contribution is 2.45. The second-order valence-corrected chi connectivity index (χ2v) is 10.2. The van der Waals surface area contributed by atoms with E-state index in [1.54, 1.807) is 37.4 Å². The molecule has 0 radical (unpaired) electrons. The normalized spacial score (nSPS) is 20.5. The minimum atomic E-state index is -5.08. The molecule has 33 heavy (non-hydrogen) atoms. The summed E-state index contributed by atoms with van der Waals surface area (Å²) in [6, 6.07) is 8.69. The van der Waals surface area contributed by atoms with Crippen LogP contribution < -0.4 is 4.74 Å². The molecule has 9 nitrogen and oxygen atoms in total. The van der Waals surface area contributed by atoms with Gasteiger partial charge in [-0.05, 0) is 31.5 Å². The zero-order valence-corrected chi connectivity index (χ0v) is 18.2. The standard InChI is InChI=1S/C18H20N2O5S.C2HF3O2/c1-13-5-6-15(25-13)17(21)20-11-18(12-20)14(7-9-26(18,22)23)10-24-16-4-2-3-8-19-16;3-2(4,5)1(6)7/h2-6,8,14H,7,9-12H2,1H3;(H,6,7). The van der Waals surface area contributed by atoms with Crippen molar-refractivity contribution in [2.75, 3.05) is 25.4 Å². The minimum Gasteiger partial charge on any atom is -0.477 e. The van der Waals surface area contributed by atoms with Gasteiger partial charge in [-0.2, -0.15) is 13.2 Å². The number of aromatic nitrogens is 1. The van der Waals surface area contributed by atoms with Gasteiger partial charge in [0, 0.05) is 31.3 Å². The maximum Gasteiger partial charge on any atom is 0.490 e. The molecule has 0 aliphatic carbocycles. The molecule has 2 fully saturated rings. The molecule has 2 aliphatic rings. The van der Waals surface area contributed by atoms with Gasteiger partial charge < -0.3 is 19.2 Å². The molecule has 1 amide bonds. The molecule has 4 heterocycles. The number of sulfone groups is 1. The van der Waals surface area contributed by atoms with E-state index in [1.807, 2.05) is 6.07 Å². The molecule has 1 atom stereocenters. The van der Waals surface area contributed by atoms with Crippen molar-refractivity contribution in [2.24, 2.45) is 5.92 Å². The van der Waals surface area contributed by atoms with Crippen LogP contribution in [0.5, 0.6) is 5.88 Å². The van der Waals surface area contributed by atoms with Crippen LogP contribution in [-0.4, -0.2) is 71.7 Å². The van der Waals surface area contributed by atoms with Crippen molar-refractivity contribution >= 4 is 21.7 Å². The number of halogens is 3. The average Bonchev–Trinajstić information content (AvgIpc) is 3.25. The van der Waals surface area contributed by atoms with Crippen molar-refractivity contribution in [1.82, 2.24) is 9.88 Å². The van der Waals surface area contributed by atoms with Gasteiger partial charge in [0.2, 0.25) is 5.88 Å². The van der Waals surface area contributed by atoms with Gasteiger partial charge in [-0.15, -0.1) is 0 Å². The van der Waals surface area contributed by atoms with Crippen molar-refractivity contribution in [1.29, 1.82) is 0 Å². The number of hydrogen-bond acceptors (Lipinski definition) is 7. The zero-order valence-electron chi connectivity index (χ0n) is 17.4. The number of carbonyl (C=O) groups excluding carboxylic acids is 1. The lowest BCUT2D eigenvalue weighted by molar-refractivity contribution is -0.192. The molecule has 1 spiro atoms. The second-order valence-electron chi connectivity index (χ2n) is 7.72. The van der Waals surface area contributed by atoms with E-state index in [-0.39, 0.29) is 43.0 Å². The lowest BCUT2D eigenvalue weighted by atomic mass is 9.83. The van der Waals surface area contributed by atoms with E-state index in [0.717, 1.165) is 0 Å². The predicted octanol–water partition coefficient (Wildman–Crippen LogP) is 2.32. The summed E-state index contributed by atoms with van der Waals surface area (Å²) in [6.07, 6.45) is -2.91. The minimum absolute atomic E-state index is 0.130. The lowest BCUT2D eigenvalue weighted by Gasteiger charge is -2.49. The highest BCUT2D eigenvalue weighted by molar-refractivity contribution is 7.93. The number of aliphatic carboxylic acids is 1.